The summed E-state index contributed by atoms with van der Waals surface area (Å²) in [5, 5.41) is 18.8. The third-order valence-corrected chi connectivity index (χ3v) is 6.56. The van der Waals surface area contributed by atoms with Crippen LogP contribution in [0.1, 0.15) is 39.6 Å². The second kappa shape index (κ2) is 11.0. The lowest BCUT2D eigenvalue weighted by molar-refractivity contribution is -0.151. The van der Waals surface area contributed by atoms with Gasteiger partial charge >= 0.3 is 5.97 Å². The van der Waals surface area contributed by atoms with Crippen LogP contribution in [0.2, 0.25) is 0 Å². The van der Waals surface area contributed by atoms with Gasteiger partial charge in [-0.2, -0.15) is 5.26 Å². The second-order valence-corrected chi connectivity index (χ2v) is 8.84. The molecule has 0 aliphatic carbocycles. The van der Waals surface area contributed by atoms with Crippen molar-refractivity contribution in [3.63, 3.8) is 0 Å². The number of nitrogens with zero attached hydrogens (tertiary/aromatic N) is 3. The molecule has 0 saturated heterocycles. The average Bonchev–Trinajstić information content (AvgIpc) is 3.44. The maximum atomic E-state index is 12.0. The van der Waals surface area contributed by atoms with Crippen LogP contribution in [0.3, 0.4) is 0 Å². The molecule has 1 aromatic heterocycles. The minimum atomic E-state index is -1.19. The van der Waals surface area contributed by atoms with E-state index in [2.05, 4.69) is 45.9 Å². The molecule has 0 saturated carbocycles. The minimum Gasteiger partial charge on any atom is -0.479 e. The first kappa shape index (κ1) is 24.7. The van der Waals surface area contributed by atoms with Crippen LogP contribution in [0.5, 0.6) is 0 Å². The fourth-order valence-electron chi connectivity index (χ4n) is 4.82. The van der Waals surface area contributed by atoms with Crippen molar-refractivity contribution in [2.75, 3.05) is 0 Å². The number of aliphatic carboxylic acids is 1. The smallest absolute Gasteiger partial charge is 0.337 e. The lowest BCUT2D eigenvalue weighted by Gasteiger charge is -2.37. The first-order valence-electron chi connectivity index (χ1n) is 12.2. The summed E-state index contributed by atoms with van der Waals surface area (Å²) in [6, 6.07) is 39.1. The minimum absolute atomic E-state index is 0.00157. The molecule has 5 aromatic rings. The van der Waals surface area contributed by atoms with Gasteiger partial charge in [0.15, 0.2) is 6.10 Å². The zero-order chi connectivity index (χ0) is 26.4. The SMILES string of the molecule is N#Cc1ccc(C(OCc2cn(C(c3ccccc3)(c3ccccc3)c3ccccc3)cn2)C(=O)O)cc1. The van der Waals surface area contributed by atoms with Gasteiger partial charge in [0.25, 0.3) is 0 Å². The van der Waals surface area contributed by atoms with Crippen molar-refractivity contribution in [3.05, 3.63) is 161 Å². The molecule has 0 amide bonds. The number of carboxylic acids is 1. The van der Waals surface area contributed by atoms with Crippen LogP contribution in [0.4, 0.5) is 0 Å². The molecule has 0 spiro atoms. The van der Waals surface area contributed by atoms with Crippen molar-refractivity contribution in [2.45, 2.75) is 18.2 Å². The van der Waals surface area contributed by atoms with Gasteiger partial charge in [-0.05, 0) is 34.4 Å². The Morgan fingerprint density at radius 3 is 1.79 bits per heavy atom. The number of aromatic nitrogens is 2. The molecule has 5 rings (SSSR count). The Morgan fingerprint density at radius 1 is 0.842 bits per heavy atom. The fourth-order valence-corrected chi connectivity index (χ4v) is 4.82. The topological polar surface area (TPSA) is 88.1 Å². The van der Waals surface area contributed by atoms with Crippen molar-refractivity contribution in [1.29, 1.82) is 5.26 Å². The molecular weight excluding hydrogens is 474 g/mol. The number of rotatable bonds is 9. The molecule has 0 aliphatic rings. The van der Waals surface area contributed by atoms with E-state index in [0.717, 1.165) is 16.7 Å². The highest BCUT2D eigenvalue weighted by atomic mass is 16.5. The van der Waals surface area contributed by atoms with Gasteiger partial charge in [-0.25, -0.2) is 9.78 Å². The van der Waals surface area contributed by atoms with E-state index in [0.29, 0.717) is 16.8 Å². The maximum absolute atomic E-state index is 12.0. The summed E-state index contributed by atoms with van der Waals surface area (Å²) in [6.45, 7) is -0.00157. The molecule has 6 heteroatoms. The van der Waals surface area contributed by atoms with Gasteiger partial charge < -0.3 is 14.4 Å². The molecule has 1 unspecified atom stereocenters. The van der Waals surface area contributed by atoms with Gasteiger partial charge in [0, 0.05) is 6.20 Å². The van der Waals surface area contributed by atoms with E-state index in [1.54, 1.807) is 30.6 Å². The third-order valence-electron chi connectivity index (χ3n) is 6.56. The Morgan fingerprint density at radius 2 is 1.34 bits per heavy atom. The summed E-state index contributed by atoms with van der Waals surface area (Å²) in [5.41, 5.74) is 3.97. The average molecular weight is 500 g/mol. The van der Waals surface area contributed by atoms with E-state index in [-0.39, 0.29) is 6.61 Å². The highest BCUT2D eigenvalue weighted by Gasteiger charge is 2.38. The largest absolute Gasteiger partial charge is 0.479 e. The number of ether oxygens (including phenoxy) is 1. The molecule has 0 aliphatic heterocycles. The number of benzene rings is 4. The summed E-state index contributed by atoms with van der Waals surface area (Å²) >= 11 is 0. The monoisotopic (exact) mass is 499 g/mol. The predicted octanol–water partition coefficient (Wildman–Crippen LogP) is 5.94. The molecule has 38 heavy (non-hydrogen) atoms. The molecule has 1 N–H and O–H groups in total. The molecule has 0 radical (unpaired) electrons. The predicted molar refractivity (Wildman–Crippen MR) is 143 cm³/mol. The lowest BCUT2D eigenvalue weighted by Crippen LogP contribution is -2.36. The highest BCUT2D eigenvalue weighted by molar-refractivity contribution is 5.74. The third kappa shape index (κ3) is 4.71. The van der Waals surface area contributed by atoms with Gasteiger partial charge in [0.05, 0.1) is 30.3 Å². The molecule has 0 fully saturated rings. The van der Waals surface area contributed by atoms with Crippen molar-refractivity contribution in [3.8, 4) is 6.07 Å². The number of imidazole rings is 1. The summed E-state index contributed by atoms with van der Waals surface area (Å²) in [7, 11) is 0. The second-order valence-electron chi connectivity index (χ2n) is 8.84. The normalized spacial score (nSPS) is 12.0. The summed E-state index contributed by atoms with van der Waals surface area (Å²) < 4.78 is 7.89. The molecule has 186 valence electrons. The van der Waals surface area contributed by atoms with Crippen molar-refractivity contribution >= 4 is 5.97 Å². The number of nitriles is 1. The van der Waals surface area contributed by atoms with Gasteiger partial charge in [-0.15, -0.1) is 0 Å². The summed E-state index contributed by atoms with van der Waals surface area (Å²) in [5.74, 6) is -1.11. The quantitative estimate of drug-likeness (QED) is 0.254. The Labute approximate surface area is 221 Å². The van der Waals surface area contributed by atoms with Crippen molar-refractivity contribution < 1.29 is 14.6 Å². The van der Waals surface area contributed by atoms with Crippen LogP contribution in [-0.2, 0) is 21.7 Å². The molecule has 0 bridgehead atoms. The van der Waals surface area contributed by atoms with Gasteiger partial charge in [-0.1, -0.05) is 103 Å². The Bertz CT molecular complexity index is 1440. The Balaban J connectivity index is 1.55. The molecule has 4 aromatic carbocycles. The van der Waals surface area contributed by atoms with Gasteiger partial charge in [0.2, 0.25) is 0 Å². The van der Waals surface area contributed by atoms with Crippen LogP contribution in [0.25, 0.3) is 0 Å². The number of hydrogen-bond acceptors (Lipinski definition) is 4. The maximum Gasteiger partial charge on any atom is 0.337 e. The zero-order valence-electron chi connectivity index (χ0n) is 20.5. The van der Waals surface area contributed by atoms with E-state index >= 15 is 0 Å². The van der Waals surface area contributed by atoms with Crippen LogP contribution in [0, 0.1) is 11.3 Å². The highest BCUT2D eigenvalue weighted by Crippen LogP contribution is 2.40. The van der Waals surface area contributed by atoms with Gasteiger partial charge in [-0.3, -0.25) is 0 Å². The molecule has 1 atom stereocenters. The van der Waals surface area contributed by atoms with Crippen LogP contribution in [-0.4, -0.2) is 20.6 Å². The van der Waals surface area contributed by atoms with Crippen molar-refractivity contribution in [2.24, 2.45) is 0 Å². The number of carbonyl (C=O) groups is 1. The van der Waals surface area contributed by atoms with Crippen LogP contribution >= 0.6 is 0 Å². The lowest BCUT2D eigenvalue weighted by atomic mass is 9.77. The Kier molecular flexibility index (Phi) is 7.12. The first-order chi connectivity index (χ1) is 18.6. The summed E-state index contributed by atoms with van der Waals surface area (Å²) in [4.78, 5) is 16.6. The Hall–Kier alpha value is -4.99. The first-order valence-corrected chi connectivity index (χ1v) is 12.2. The van der Waals surface area contributed by atoms with E-state index in [9.17, 15) is 9.90 Å². The van der Waals surface area contributed by atoms with E-state index in [1.807, 2.05) is 66.9 Å². The molecular formula is C32H25N3O3. The van der Waals surface area contributed by atoms with Crippen LogP contribution in [0.15, 0.2) is 128 Å². The van der Waals surface area contributed by atoms with Crippen LogP contribution < -0.4 is 0 Å². The molecule has 6 nitrogen and oxygen atoms in total. The van der Waals surface area contributed by atoms with E-state index in [1.165, 1.54) is 0 Å². The summed E-state index contributed by atoms with van der Waals surface area (Å²) in [6.07, 6.45) is 2.49. The fraction of sp³-hybridized carbons (Fsp3) is 0.0938. The standard InChI is InChI=1S/C32H25N3O3/c33-20-24-16-18-25(19-17-24)30(31(36)37)38-22-29-21-35(23-34-29)32(26-10-4-1-5-11-26,27-12-6-2-7-13-27)28-14-8-3-9-15-28/h1-19,21,23,30H,22H2,(H,36,37). The van der Waals surface area contributed by atoms with Crippen molar-refractivity contribution in [1.82, 2.24) is 9.55 Å². The van der Waals surface area contributed by atoms with Gasteiger partial charge in [0.1, 0.15) is 5.54 Å². The van der Waals surface area contributed by atoms with E-state index < -0.39 is 17.6 Å². The zero-order valence-corrected chi connectivity index (χ0v) is 20.5. The number of hydrogen-bond donors (Lipinski definition) is 1. The number of carboxylic acid groups (broad SMARTS) is 1. The van der Waals surface area contributed by atoms with E-state index in [4.69, 9.17) is 10.00 Å². The molecule has 1 heterocycles.